The fraction of sp³-hybridized carbons (Fsp3) is 0.240. The first kappa shape index (κ1) is 22.0. The SMILES string of the molecule is CC(C)=C1C(=O)OC(=O)/C1=C(/C)c1nc(/C=C/C=C/c2ccc(N(C)C)cc2)oc1C. The highest BCUT2D eigenvalue weighted by Gasteiger charge is 2.36. The molecule has 1 fully saturated rings. The van der Waals surface area contributed by atoms with Gasteiger partial charge in [0.15, 0.2) is 0 Å². The van der Waals surface area contributed by atoms with E-state index < -0.39 is 11.9 Å². The predicted molar refractivity (Wildman–Crippen MR) is 122 cm³/mol. The average Bonchev–Trinajstić information content (AvgIpc) is 3.23. The normalized spacial score (nSPS) is 15.9. The maximum absolute atomic E-state index is 12.2. The third kappa shape index (κ3) is 4.74. The first-order valence-corrected chi connectivity index (χ1v) is 9.94. The van der Waals surface area contributed by atoms with Gasteiger partial charge >= 0.3 is 11.9 Å². The molecular formula is C25H26N2O4. The van der Waals surface area contributed by atoms with E-state index in [0.29, 0.717) is 28.5 Å². The topological polar surface area (TPSA) is 72.6 Å². The van der Waals surface area contributed by atoms with Crippen LogP contribution in [0.25, 0.3) is 17.7 Å². The van der Waals surface area contributed by atoms with E-state index in [0.717, 1.165) is 16.8 Å². The number of aryl methyl sites for hydroxylation is 1. The number of hydrogen-bond donors (Lipinski definition) is 0. The highest BCUT2D eigenvalue weighted by molar-refractivity contribution is 6.22. The molecule has 0 saturated carbocycles. The number of cyclic esters (lactones) is 2. The van der Waals surface area contributed by atoms with Crippen LogP contribution in [0.4, 0.5) is 5.69 Å². The summed E-state index contributed by atoms with van der Waals surface area (Å²) in [6.07, 6.45) is 7.48. The van der Waals surface area contributed by atoms with Crippen LogP contribution in [0.3, 0.4) is 0 Å². The molecule has 0 atom stereocenters. The average molecular weight is 418 g/mol. The van der Waals surface area contributed by atoms with Gasteiger partial charge in [0.25, 0.3) is 0 Å². The Morgan fingerprint density at radius 2 is 1.55 bits per heavy atom. The van der Waals surface area contributed by atoms with Crippen LogP contribution in [0.5, 0.6) is 0 Å². The van der Waals surface area contributed by atoms with Crippen molar-refractivity contribution >= 4 is 35.4 Å². The van der Waals surface area contributed by atoms with Crippen LogP contribution in [0.2, 0.25) is 0 Å². The van der Waals surface area contributed by atoms with Crippen LogP contribution in [0.1, 0.15) is 43.7 Å². The Morgan fingerprint density at radius 1 is 0.935 bits per heavy atom. The van der Waals surface area contributed by atoms with E-state index in [2.05, 4.69) is 22.0 Å². The molecule has 0 bridgehead atoms. The van der Waals surface area contributed by atoms with Crippen molar-refractivity contribution in [2.45, 2.75) is 27.7 Å². The molecule has 0 unspecified atom stereocenters. The Bertz CT molecular complexity index is 1140. The second-order valence-electron chi connectivity index (χ2n) is 7.71. The minimum atomic E-state index is -0.651. The number of carbonyl (C=O) groups is 2. The zero-order chi connectivity index (χ0) is 22.7. The van der Waals surface area contributed by atoms with Crippen molar-refractivity contribution in [2.75, 3.05) is 19.0 Å². The highest BCUT2D eigenvalue weighted by Crippen LogP contribution is 2.33. The predicted octanol–water partition coefficient (Wildman–Crippen LogP) is 4.97. The molecule has 6 heteroatoms. The third-order valence-electron chi connectivity index (χ3n) is 4.94. The molecule has 2 heterocycles. The number of ether oxygens (including phenoxy) is 1. The van der Waals surface area contributed by atoms with E-state index in [4.69, 9.17) is 9.15 Å². The van der Waals surface area contributed by atoms with E-state index in [1.54, 1.807) is 33.8 Å². The van der Waals surface area contributed by atoms with Crippen LogP contribution in [0.15, 0.2) is 57.6 Å². The summed E-state index contributed by atoms with van der Waals surface area (Å²) in [7, 11) is 4.01. The maximum Gasteiger partial charge on any atom is 0.347 e. The number of aromatic nitrogens is 1. The molecule has 31 heavy (non-hydrogen) atoms. The minimum absolute atomic E-state index is 0.248. The lowest BCUT2D eigenvalue weighted by atomic mass is 9.97. The van der Waals surface area contributed by atoms with Crippen molar-refractivity contribution in [3.63, 3.8) is 0 Å². The summed E-state index contributed by atoms with van der Waals surface area (Å²) in [5.74, 6) is -0.296. The summed E-state index contributed by atoms with van der Waals surface area (Å²) in [6.45, 7) is 7.06. The molecule has 3 rings (SSSR count). The molecule has 160 valence electrons. The molecule has 0 N–H and O–H groups in total. The summed E-state index contributed by atoms with van der Waals surface area (Å²) in [5, 5.41) is 0. The Kier molecular flexibility index (Phi) is 6.39. The monoisotopic (exact) mass is 418 g/mol. The molecule has 1 aromatic carbocycles. The van der Waals surface area contributed by atoms with Crippen molar-refractivity contribution < 1.29 is 18.7 Å². The van der Waals surface area contributed by atoms with E-state index in [1.165, 1.54) is 0 Å². The number of esters is 2. The molecular weight excluding hydrogens is 392 g/mol. The van der Waals surface area contributed by atoms with E-state index in [-0.39, 0.29) is 5.57 Å². The first-order valence-electron chi connectivity index (χ1n) is 9.94. The largest absolute Gasteiger partial charge is 0.441 e. The number of hydrogen-bond acceptors (Lipinski definition) is 6. The van der Waals surface area contributed by atoms with Gasteiger partial charge in [-0.05, 0) is 51.0 Å². The van der Waals surface area contributed by atoms with Crippen LogP contribution < -0.4 is 4.90 Å². The molecule has 0 amide bonds. The zero-order valence-corrected chi connectivity index (χ0v) is 18.6. The number of anilines is 1. The van der Waals surface area contributed by atoms with Crippen molar-refractivity contribution in [1.29, 1.82) is 0 Å². The van der Waals surface area contributed by atoms with Gasteiger partial charge in [0.05, 0.1) is 11.1 Å². The summed E-state index contributed by atoms with van der Waals surface area (Å²) < 4.78 is 10.5. The second kappa shape index (κ2) is 9.00. The van der Waals surface area contributed by atoms with Gasteiger partial charge in [-0.2, -0.15) is 0 Å². The molecule has 0 radical (unpaired) electrons. The van der Waals surface area contributed by atoms with Gasteiger partial charge < -0.3 is 14.1 Å². The molecule has 0 aliphatic carbocycles. The zero-order valence-electron chi connectivity index (χ0n) is 18.6. The lowest BCUT2D eigenvalue weighted by molar-refractivity contribution is -0.149. The Morgan fingerprint density at radius 3 is 2.16 bits per heavy atom. The number of oxazole rings is 1. The van der Waals surface area contributed by atoms with Gasteiger partial charge in [0, 0.05) is 25.9 Å². The lowest BCUT2D eigenvalue weighted by Crippen LogP contribution is -2.07. The minimum Gasteiger partial charge on any atom is -0.441 e. The molecule has 1 aromatic heterocycles. The molecule has 1 aliphatic rings. The summed E-state index contributed by atoms with van der Waals surface area (Å²) in [4.78, 5) is 30.8. The number of allylic oxidation sites excluding steroid dienone is 4. The quantitative estimate of drug-likeness (QED) is 0.295. The third-order valence-corrected chi connectivity index (χ3v) is 4.94. The Labute approximate surface area is 182 Å². The lowest BCUT2D eigenvalue weighted by Gasteiger charge is -2.11. The van der Waals surface area contributed by atoms with Crippen LogP contribution in [0, 0.1) is 6.92 Å². The van der Waals surface area contributed by atoms with Crippen molar-refractivity contribution in [2.24, 2.45) is 0 Å². The van der Waals surface area contributed by atoms with Gasteiger partial charge in [-0.25, -0.2) is 14.6 Å². The first-order chi connectivity index (χ1) is 14.7. The summed E-state index contributed by atoms with van der Waals surface area (Å²) >= 11 is 0. The molecule has 6 nitrogen and oxygen atoms in total. The van der Waals surface area contributed by atoms with Crippen LogP contribution in [-0.4, -0.2) is 31.0 Å². The molecule has 0 spiro atoms. The number of benzene rings is 1. The van der Waals surface area contributed by atoms with Gasteiger partial charge in [-0.3, -0.25) is 0 Å². The fourth-order valence-corrected chi connectivity index (χ4v) is 3.33. The van der Waals surface area contributed by atoms with Gasteiger partial charge in [0.2, 0.25) is 5.89 Å². The van der Waals surface area contributed by atoms with Gasteiger partial charge in [-0.15, -0.1) is 0 Å². The summed E-state index contributed by atoms with van der Waals surface area (Å²) in [6, 6.07) is 8.21. The van der Waals surface area contributed by atoms with Crippen molar-refractivity contribution in [1.82, 2.24) is 4.98 Å². The molecule has 1 aliphatic heterocycles. The van der Waals surface area contributed by atoms with E-state index in [9.17, 15) is 9.59 Å². The molecule has 2 aromatic rings. The second-order valence-corrected chi connectivity index (χ2v) is 7.71. The number of rotatable bonds is 5. The number of nitrogens with zero attached hydrogens (tertiary/aromatic N) is 2. The summed E-state index contributed by atoms with van der Waals surface area (Å²) in [5.41, 5.74) is 4.58. The van der Waals surface area contributed by atoms with Crippen molar-refractivity contribution in [3.8, 4) is 0 Å². The van der Waals surface area contributed by atoms with Crippen LogP contribution in [-0.2, 0) is 14.3 Å². The van der Waals surface area contributed by atoms with E-state index >= 15 is 0 Å². The van der Waals surface area contributed by atoms with Gasteiger partial charge in [-0.1, -0.05) is 35.9 Å². The fourth-order valence-electron chi connectivity index (χ4n) is 3.33. The van der Waals surface area contributed by atoms with Gasteiger partial charge in [0.1, 0.15) is 11.5 Å². The van der Waals surface area contributed by atoms with Crippen molar-refractivity contribution in [3.05, 3.63) is 76.0 Å². The Balaban J connectivity index is 1.81. The van der Waals surface area contributed by atoms with E-state index in [1.807, 2.05) is 44.5 Å². The standard InChI is InChI=1S/C25H26N2O4/c1-15(2)21-22(25(29)31-24(21)28)16(3)23-17(4)30-20(26-23)10-8-7-9-18-11-13-19(14-12-18)27(5)6/h7-14H,1-6H3/b9-7+,10-8+,22-16-. The number of carbonyl (C=O) groups excluding carboxylic acids is 2. The van der Waals surface area contributed by atoms with Crippen LogP contribution >= 0.6 is 0 Å². The molecule has 1 saturated heterocycles. The smallest absolute Gasteiger partial charge is 0.347 e. The maximum atomic E-state index is 12.2. The Hall–Kier alpha value is -3.67. The highest BCUT2D eigenvalue weighted by atomic mass is 16.6.